The quantitative estimate of drug-likeness (QED) is 0.744. The van der Waals surface area contributed by atoms with Crippen molar-refractivity contribution in [2.75, 3.05) is 0 Å². The van der Waals surface area contributed by atoms with E-state index in [2.05, 4.69) is 13.8 Å². The summed E-state index contributed by atoms with van der Waals surface area (Å²) in [4.78, 5) is 0. The Morgan fingerprint density at radius 2 is 1.77 bits per heavy atom. The Morgan fingerprint density at radius 1 is 1.23 bits per heavy atom. The molecule has 1 aromatic rings. The highest BCUT2D eigenvalue weighted by Crippen LogP contribution is 2.12. The molecule has 0 bridgehead atoms. The second-order valence-electron chi connectivity index (χ2n) is 3.78. The van der Waals surface area contributed by atoms with Crippen molar-refractivity contribution >= 4 is 0 Å². The molecule has 13 heavy (non-hydrogen) atoms. The minimum absolute atomic E-state index is 0.199. The highest BCUT2D eigenvalue weighted by atomic mass is 16.3. The van der Waals surface area contributed by atoms with E-state index < -0.39 is 0 Å². The normalized spacial score (nSPS) is 13.2. The fourth-order valence-corrected chi connectivity index (χ4v) is 1.14. The number of phenols is 1. The summed E-state index contributed by atoms with van der Waals surface area (Å²) in [6, 6.07) is 7.42. The molecular weight excluding hydrogens is 162 g/mol. The number of phenolic OH excluding ortho intramolecular Hbond substituents is 1. The zero-order chi connectivity index (χ0) is 9.84. The maximum Gasteiger partial charge on any atom is 0.115 e. The molecule has 1 aromatic carbocycles. The second kappa shape index (κ2) is 4.28. The van der Waals surface area contributed by atoms with Crippen molar-refractivity contribution in [1.82, 2.24) is 0 Å². The van der Waals surface area contributed by atoms with Gasteiger partial charge in [0.15, 0.2) is 0 Å². The maximum absolute atomic E-state index is 9.07. The zero-order valence-corrected chi connectivity index (χ0v) is 8.20. The Balaban J connectivity index is 2.59. The van der Waals surface area contributed by atoms with Crippen molar-refractivity contribution in [2.24, 2.45) is 11.7 Å². The molecule has 0 amide bonds. The van der Waals surface area contributed by atoms with Crippen LogP contribution in [0.5, 0.6) is 5.75 Å². The van der Waals surface area contributed by atoms with Crippen molar-refractivity contribution in [3.8, 4) is 5.75 Å². The smallest absolute Gasteiger partial charge is 0.115 e. The largest absolute Gasteiger partial charge is 0.508 e. The molecule has 0 unspecified atom stereocenters. The summed E-state index contributed by atoms with van der Waals surface area (Å²) < 4.78 is 0. The average molecular weight is 179 g/mol. The zero-order valence-electron chi connectivity index (χ0n) is 8.20. The molecule has 1 rings (SSSR count). The fourth-order valence-electron chi connectivity index (χ4n) is 1.14. The predicted octanol–water partition coefficient (Wildman–Crippen LogP) is 1.92. The molecule has 2 nitrogen and oxygen atoms in total. The third-order valence-electron chi connectivity index (χ3n) is 2.26. The van der Waals surface area contributed by atoms with Gasteiger partial charge in [0.05, 0.1) is 0 Å². The van der Waals surface area contributed by atoms with E-state index in [9.17, 15) is 0 Å². The SMILES string of the molecule is CC(C)[C@@H](N)Cc1ccc(O)cc1. The molecule has 0 radical (unpaired) electrons. The van der Waals surface area contributed by atoms with Crippen LogP contribution in [0.25, 0.3) is 0 Å². The first-order valence-corrected chi connectivity index (χ1v) is 4.63. The summed E-state index contributed by atoms with van der Waals surface area (Å²) in [7, 11) is 0. The van der Waals surface area contributed by atoms with E-state index >= 15 is 0 Å². The molecule has 0 saturated carbocycles. The Labute approximate surface area is 79.4 Å². The maximum atomic E-state index is 9.07. The van der Waals surface area contributed by atoms with E-state index in [0.717, 1.165) is 6.42 Å². The number of benzene rings is 1. The molecule has 0 aromatic heterocycles. The van der Waals surface area contributed by atoms with Gasteiger partial charge in [-0.15, -0.1) is 0 Å². The first kappa shape index (κ1) is 10.1. The van der Waals surface area contributed by atoms with Gasteiger partial charge in [0.2, 0.25) is 0 Å². The molecule has 1 atom stereocenters. The van der Waals surface area contributed by atoms with Crippen molar-refractivity contribution < 1.29 is 5.11 Å². The van der Waals surface area contributed by atoms with Crippen LogP contribution in [-0.4, -0.2) is 11.1 Å². The predicted molar refractivity (Wildman–Crippen MR) is 54.6 cm³/mol. The lowest BCUT2D eigenvalue weighted by molar-refractivity contribution is 0.473. The van der Waals surface area contributed by atoms with Gasteiger partial charge in [0, 0.05) is 6.04 Å². The summed E-state index contributed by atoms with van der Waals surface area (Å²) in [6.07, 6.45) is 0.873. The summed E-state index contributed by atoms with van der Waals surface area (Å²) >= 11 is 0. The summed E-state index contributed by atoms with van der Waals surface area (Å²) in [6.45, 7) is 4.23. The van der Waals surface area contributed by atoms with Crippen LogP contribution in [0.4, 0.5) is 0 Å². The first-order chi connectivity index (χ1) is 6.09. The van der Waals surface area contributed by atoms with Gasteiger partial charge in [-0.1, -0.05) is 26.0 Å². The van der Waals surface area contributed by atoms with E-state index in [1.54, 1.807) is 12.1 Å². The standard InChI is InChI=1S/C11H17NO/c1-8(2)11(12)7-9-3-5-10(13)6-4-9/h3-6,8,11,13H,7,12H2,1-2H3/t11-/m0/s1. The molecule has 2 heteroatoms. The van der Waals surface area contributed by atoms with E-state index in [1.165, 1.54) is 5.56 Å². The third-order valence-corrected chi connectivity index (χ3v) is 2.26. The molecule has 72 valence electrons. The number of hydrogen-bond acceptors (Lipinski definition) is 2. The molecule has 0 fully saturated rings. The molecule has 0 aliphatic rings. The monoisotopic (exact) mass is 179 g/mol. The van der Waals surface area contributed by atoms with Crippen molar-refractivity contribution in [1.29, 1.82) is 0 Å². The summed E-state index contributed by atoms with van der Waals surface area (Å²) in [5, 5.41) is 9.07. The molecule has 0 aliphatic heterocycles. The number of rotatable bonds is 3. The minimum Gasteiger partial charge on any atom is -0.508 e. The van der Waals surface area contributed by atoms with E-state index in [-0.39, 0.29) is 6.04 Å². The highest BCUT2D eigenvalue weighted by molar-refractivity contribution is 5.26. The lowest BCUT2D eigenvalue weighted by Gasteiger charge is -2.15. The Kier molecular flexibility index (Phi) is 3.32. The van der Waals surface area contributed by atoms with Crippen LogP contribution in [0, 0.1) is 5.92 Å². The second-order valence-corrected chi connectivity index (χ2v) is 3.78. The Morgan fingerprint density at radius 3 is 2.23 bits per heavy atom. The topological polar surface area (TPSA) is 46.2 Å². The van der Waals surface area contributed by atoms with Crippen molar-refractivity contribution in [3.63, 3.8) is 0 Å². The van der Waals surface area contributed by atoms with Crippen LogP contribution in [0.1, 0.15) is 19.4 Å². The lowest BCUT2D eigenvalue weighted by atomic mass is 9.97. The number of nitrogens with two attached hydrogens (primary N) is 1. The van der Waals surface area contributed by atoms with Crippen LogP contribution in [0.15, 0.2) is 24.3 Å². The minimum atomic E-state index is 0.199. The third kappa shape index (κ3) is 3.07. The van der Waals surface area contributed by atoms with Gasteiger partial charge in [0.25, 0.3) is 0 Å². The van der Waals surface area contributed by atoms with Gasteiger partial charge in [-0.3, -0.25) is 0 Å². The van der Waals surface area contributed by atoms with E-state index in [1.807, 2.05) is 12.1 Å². The van der Waals surface area contributed by atoms with Crippen LogP contribution < -0.4 is 5.73 Å². The van der Waals surface area contributed by atoms with Crippen LogP contribution >= 0.6 is 0 Å². The average Bonchev–Trinajstić information content (AvgIpc) is 2.08. The first-order valence-electron chi connectivity index (χ1n) is 4.63. The van der Waals surface area contributed by atoms with Gasteiger partial charge < -0.3 is 10.8 Å². The van der Waals surface area contributed by atoms with Gasteiger partial charge >= 0.3 is 0 Å². The van der Waals surface area contributed by atoms with Crippen LogP contribution in [0.2, 0.25) is 0 Å². The van der Waals surface area contributed by atoms with Gasteiger partial charge in [0.1, 0.15) is 5.75 Å². The summed E-state index contributed by atoms with van der Waals surface area (Å²) in [5.74, 6) is 0.802. The fraction of sp³-hybridized carbons (Fsp3) is 0.455. The lowest BCUT2D eigenvalue weighted by Crippen LogP contribution is -2.28. The molecule has 0 saturated heterocycles. The Bertz CT molecular complexity index is 253. The van der Waals surface area contributed by atoms with Crippen LogP contribution in [-0.2, 0) is 6.42 Å². The summed E-state index contributed by atoms with van der Waals surface area (Å²) in [5.41, 5.74) is 7.10. The van der Waals surface area contributed by atoms with Gasteiger partial charge in [-0.05, 0) is 30.0 Å². The van der Waals surface area contributed by atoms with Crippen molar-refractivity contribution in [2.45, 2.75) is 26.3 Å². The van der Waals surface area contributed by atoms with Crippen LogP contribution in [0.3, 0.4) is 0 Å². The number of aromatic hydroxyl groups is 1. The molecule has 0 spiro atoms. The van der Waals surface area contributed by atoms with E-state index in [4.69, 9.17) is 10.8 Å². The molecular formula is C11H17NO. The van der Waals surface area contributed by atoms with Crippen molar-refractivity contribution in [3.05, 3.63) is 29.8 Å². The molecule has 0 heterocycles. The highest BCUT2D eigenvalue weighted by Gasteiger charge is 2.07. The van der Waals surface area contributed by atoms with E-state index in [0.29, 0.717) is 11.7 Å². The Hall–Kier alpha value is -1.02. The molecule has 3 N–H and O–H groups in total. The van der Waals surface area contributed by atoms with Gasteiger partial charge in [-0.2, -0.15) is 0 Å². The number of hydrogen-bond donors (Lipinski definition) is 2. The molecule has 0 aliphatic carbocycles. The van der Waals surface area contributed by atoms with Gasteiger partial charge in [-0.25, -0.2) is 0 Å².